The highest BCUT2D eigenvalue weighted by atomic mass is 16.1. The molecule has 3 aromatic carbocycles. The van der Waals surface area contributed by atoms with Gasteiger partial charge in [-0.25, -0.2) is 4.98 Å². The Bertz CT molecular complexity index is 1220. The van der Waals surface area contributed by atoms with Crippen molar-refractivity contribution in [2.75, 3.05) is 20.1 Å². The van der Waals surface area contributed by atoms with Gasteiger partial charge < -0.3 is 10.2 Å². The van der Waals surface area contributed by atoms with Gasteiger partial charge in [-0.3, -0.25) is 4.79 Å². The van der Waals surface area contributed by atoms with Crippen molar-refractivity contribution in [2.24, 2.45) is 0 Å². The summed E-state index contributed by atoms with van der Waals surface area (Å²) < 4.78 is 0. The monoisotopic (exact) mass is 395 g/mol. The van der Waals surface area contributed by atoms with Crippen molar-refractivity contribution >= 4 is 27.6 Å². The van der Waals surface area contributed by atoms with E-state index < -0.39 is 0 Å². The fraction of sp³-hybridized carbons (Fsp3) is 0.231. The third-order valence-corrected chi connectivity index (χ3v) is 6.08. The van der Waals surface area contributed by atoms with E-state index in [1.807, 2.05) is 48.5 Å². The molecule has 150 valence electrons. The van der Waals surface area contributed by atoms with Gasteiger partial charge in [-0.1, -0.05) is 60.7 Å². The maximum atomic E-state index is 13.3. The molecule has 0 aliphatic carbocycles. The van der Waals surface area contributed by atoms with Crippen LogP contribution in [0.5, 0.6) is 0 Å². The van der Waals surface area contributed by atoms with Crippen molar-refractivity contribution < 1.29 is 4.79 Å². The lowest BCUT2D eigenvalue weighted by Crippen LogP contribution is -2.43. The Morgan fingerprint density at radius 3 is 2.47 bits per heavy atom. The predicted octanol–water partition coefficient (Wildman–Crippen LogP) is 4.88. The molecule has 30 heavy (non-hydrogen) atoms. The molecule has 0 saturated carbocycles. The molecule has 4 nitrogen and oxygen atoms in total. The number of likely N-dealkylation sites (tertiary alicyclic amines) is 1. The first kappa shape index (κ1) is 18.8. The van der Waals surface area contributed by atoms with E-state index in [-0.39, 0.29) is 11.9 Å². The Balaban J connectivity index is 1.59. The van der Waals surface area contributed by atoms with Gasteiger partial charge >= 0.3 is 0 Å². The first-order chi connectivity index (χ1) is 14.7. The minimum absolute atomic E-state index is 0.00959. The average Bonchev–Trinajstić information content (AvgIpc) is 2.79. The second-order valence-electron chi connectivity index (χ2n) is 8.15. The van der Waals surface area contributed by atoms with Crippen LogP contribution in [0.4, 0.5) is 0 Å². The van der Waals surface area contributed by atoms with Crippen LogP contribution in [0, 0.1) is 0 Å². The molecule has 0 bridgehead atoms. The molecule has 0 unspecified atom stereocenters. The van der Waals surface area contributed by atoms with Crippen molar-refractivity contribution in [3.8, 4) is 11.3 Å². The molecule has 1 saturated heterocycles. The number of amides is 1. The lowest BCUT2D eigenvalue weighted by atomic mass is 9.98. The Kier molecular flexibility index (Phi) is 4.93. The van der Waals surface area contributed by atoms with Crippen LogP contribution >= 0.6 is 0 Å². The van der Waals surface area contributed by atoms with Gasteiger partial charge in [-0.2, -0.15) is 0 Å². The average molecular weight is 396 g/mol. The summed E-state index contributed by atoms with van der Waals surface area (Å²) >= 11 is 0. The van der Waals surface area contributed by atoms with Crippen molar-refractivity contribution in [1.29, 1.82) is 0 Å². The molecule has 1 aliphatic heterocycles. The summed E-state index contributed by atoms with van der Waals surface area (Å²) in [6.07, 6.45) is 1.98. The fourth-order valence-corrected chi connectivity index (χ4v) is 4.37. The number of aromatic nitrogens is 1. The quantitative estimate of drug-likeness (QED) is 0.538. The Hall–Kier alpha value is -3.24. The molecule has 1 aliphatic rings. The molecule has 1 N–H and O–H groups in total. The van der Waals surface area contributed by atoms with Crippen molar-refractivity contribution in [2.45, 2.75) is 18.9 Å². The molecule has 0 radical (unpaired) electrons. The highest BCUT2D eigenvalue weighted by molar-refractivity contribution is 6.08. The van der Waals surface area contributed by atoms with Gasteiger partial charge in [0.2, 0.25) is 0 Å². The number of hydrogen-bond donors (Lipinski definition) is 1. The highest BCUT2D eigenvalue weighted by Gasteiger charge is 2.21. The Morgan fingerprint density at radius 2 is 1.63 bits per heavy atom. The maximum absolute atomic E-state index is 13.3. The lowest BCUT2D eigenvalue weighted by molar-refractivity contribution is 0.0918. The first-order valence-corrected chi connectivity index (χ1v) is 10.6. The number of piperidine rings is 1. The molecule has 1 aromatic heterocycles. The van der Waals surface area contributed by atoms with Gasteiger partial charge in [0.15, 0.2) is 0 Å². The lowest BCUT2D eigenvalue weighted by Gasteiger charge is -2.29. The van der Waals surface area contributed by atoms with Gasteiger partial charge in [0.05, 0.1) is 16.8 Å². The second-order valence-corrected chi connectivity index (χ2v) is 8.15. The van der Waals surface area contributed by atoms with E-state index in [1.165, 1.54) is 5.39 Å². The Morgan fingerprint density at radius 1 is 0.933 bits per heavy atom. The van der Waals surface area contributed by atoms with Gasteiger partial charge in [0.25, 0.3) is 5.91 Å². The fourth-order valence-electron chi connectivity index (χ4n) is 4.37. The van der Waals surface area contributed by atoms with Crippen LogP contribution in [-0.4, -0.2) is 42.0 Å². The summed E-state index contributed by atoms with van der Waals surface area (Å²) in [6.45, 7) is 2.03. The molecular weight excluding hydrogens is 370 g/mol. The third-order valence-electron chi connectivity index (χ3n) is 6.08. The van der Waals surface area contributed by atoms with E-state index in [0.717, 1.165) is 53.5 Å². The molecule has 0 atom stereocenters. The normalized spacial score (nSPS) is 15.5. The van der Waals surface area contributed by atoms with Gasteiger partial charge in [0.1, 0.15) is 0 Å². The SMILES string of the molecule is CN1CCC(NC(=O)c2cc(-c3cccc4ccccc34)nc3ccccc23)CC1. The smallest absolute Gasteiger partial charge is 0.252 e. The van der Waals surface area contributed by atoms with Crippen LogP contribution < -0.4 is 5.32 Å². The number of fused-ring (bicyclic) bond motifs is 2. The summed E-state index contributed by atoms with van der Waals surface area (Å²) in [5.74, 6) is -0.00959. The zero-order valence-corrected chi connectivity index (χ0v) is 17.1. The zero-order chi connectivity index (χ0) is 20.5. The predicted molar refractivity (Wildman–Crippen MR) is 123 cm³/mol. The number of para-hydroxylation sites is 1. The molecule has 2 heterocycles. The van der Waals surface area contributed by atoms with Gasteiger partial charge in [-0.05, 0) is 55.9 Å². The van der Waals surface area contributed by atoms with E-state index in [2.05, 4.69) is 41.5 Å². The van der Waals surface area contributed by atoms with Crippen LogP contribution in [0.25, 0.3) is 32.9 Å². The number of carbonyl (C=O) groups is 1. The number of hydrogen-bond acceptors (Lipinski definition) is 3. The Labute approximate surface area is 176 Å². The topological polar surface area (TPSA) is 45.2 Å². The van der Waals surface area contributed by atoms with E-state index >= 15 is 0 Å². The second kappa shape index (κ2) is 7.88. The van der Waals surface area contributed by atoms with Crippen LogP contribution in [0.2, 0.25) is 0 Å². The summed E-state index contributed by atoms with van der Waals surface area (Å²) in [6, 6.07) is 24.6. The highest BCUT2D eigenvalue weighted by Crippen LogP contribution is 2.30. The number of carbonyl (C=O) groups excluding carboxylic acids is 1. The van der Waals surface area contributed by atoms with Crippen molar-refractivity contribution in [1.82, 2.24) is 15.2 Å². The third kappa shape index (κ3) is 3.55. The summed E-state index contributed by atoms with van der Waals surface area (Å²) in [4.78, 5) is 20.5. The molecule has 4 aromatic rings. The van der Waals surface area contributed by atoms with Crippen LogP contribution in [0.3, 0.4) is 0 Å². The minimum atomic E-state index is -0.00959. The van der Waals surface area contributed by atoms with Crippen molar-refractivity contribution in [3.05, 3.63) is 78.4 Å². The molecular formula is C26H25N3O. The number of nitrogens with one attached hydrogen (secondary N) is 1. The van der Waals surface area contributed by atoms with E-state index in [9.17, 15) is 4.79 Å². The number of rotatable bonds is 3. The molecule has 0 spiro atoms. The number of pyridine rings is 1. The standard InChI is InChI=1S/C26H25N3O/c1-29-15-13-19(14-16-29)27-26(30)23-17-25(28-24-12-5-4-10-22(23)24)21-11-6-8-18-7-2-3-9-20(18)21/h2-12,17,19H,13-16H2,1H3,(H,27,30). The van der Waals surface area contributed by atoms with Crippen LogP contribution in [-0.2, 0) is 0 Å². The summed E-state index contributed by atoms with van der Waals surface area (Å²) in [5.41, 5.74) is 3.42. The summed E-state index contributed by atoms with van der Waals surface area (Å²) in [5, 5.41) is 6.48. The van der Waals surface area contributed by atoms with Crippen LogP contribution in [0.1, 0.15) is 23.2 Å². The molecule has 1 fully saturated rings. The summed E-state index contributed by atoms with van der Waals surface area (Å²) in [7, 11) is 2.13. The van der Waals surface area contributed by atoms with Gasteiger partial charge in [-0.15, -0.1) is 0 Å². The minimum Gasteiger partial charge on any atom is -0.349 e. The van der Waals surface area contributed by atoms with E-state index in [4.69, 9.17) is 4.98 Å². The largest absolute Gasteiger partial charge is 0.349 e. The maximum Gasteiger partial charge on any atom is 0.252 e. The van der Waals surface area contributed by atoms with E-state index in [1.54, 1.807) is 0 Å². The zero-order valence-electron chi connectivity index (χ0n) is 17.1. The number of benzene rings is 3. The van der Waals surface area contributed by atoms with E-state index in [0.29, 0.717) is 5.56 Å². The molecule has 1 amide bonds. The van der Waals surface area contributed by atoms with Gasteiger partial charge in [0, 0.05) is 17.0 Å². The molecule has 4 heteroatoms. The molecule has 5 rings (SSSR count). The van der Waals surface area contributed by atoms with Crippen LogP contribution in [0.15, 0.2) is 72.8 Å². The number of nitrogens with zero attached hydrogens (tertiary/aromatic N) is 2. The van der Waals surface area contributed by atoms with Crippen molar-refractivity contribution in [3.63, 3.8) is 0 Å². The first-order valence-electron chi connectivity index (χ1n) is 10.6.